The molecule has 1 aromatic rings. The number of rotatable bonds is 12. The Morgan fingerprint density at radius 1 is 1.03 bits per heavy atom. The normalized spacial score (nSPS) is 17.2. The van der Waals surface area contributed by atoms with Gasteiger partial charge < -0.3 is 4.90 Å². The number of piperazine rings is 1. The molecule has 1 fully saturated rings. The monoisotopic (exact) mass is 418 g/mol. The van der Waals surface area contributed by atoms with E-state index in [1.165, 1.54) is 44.7 Å². The van der Waals surface area contributed by atoms with Gasteiger partial charge in [0.15, 0.2) is 5.78 Å². The van der Waals surface area contributed by atoms with Crippen molar-refractivity contribution in [1.29, 1.82) is 0 Å². The Balaban J connectivity index is 1.98. The summed E-state index contributed by atoms with van der Waals surface area (Å²) in [7, 11) is 0. The number of hydrogen-bond donors (Lipinski definition) is 0. The first-order chi connectivity index (χ1) is 14.4. The number of benzene rings is 1. The van der Waals surface area contributed by atoms with Crippen LogP contribution in [0.2, 0.25) is 0 Å². The van der Waals surface area contributed by atoms with Crippen molar-refractivity contribution < 1.29 is 9.18 Å². The van der Waals surface area contributed by atoms with Crippen molar-refractivity contribution in [3.8, 4) is 0 Å². The number of carbonyl (C=O) groups excluding carboxylic acids is 1. The summed E-state index contributed by atoms with van der Waals surface area (Å²) in [6.45, 7) is 15.7. The van der Waals surface area contributed by atoms with Crippen molar-refractivity contribution in [3.05, 3.63) is 29.1 Å². The zero-order valence-electron chi connectivity index (χ0n) is 20.0. The van der Waals surface area contributed by atoms with Gasteiger partial charge in [0.25, 0.3) is 0 Å². The van der Waals surface area contributed by atoms with E-state index in [9.17, 15) is 9.18 Å². The van der Waals surface area contributed by atoms with E-state index >= 15 is 0 Å². The topological polar surface area (TPSA) is 23.6 Å². The molecule has 2 atom stereocenters. The van der Waals surface area contributed by atoms with E-state index < -0.39 is 0 Å². The zero-order valence-corrected chi connectivity index (χ0v) is 20.0. The van der Waals surface area contributed by atoms with Gasteiger partial charge in [-0.3, -0.25) is 9.69 Å². The fourth-order valence-electron chi connectivity index (χ4n) is 4.59. The average Bonchev–Trinajstić information content (AvgIpc) is 2.77. The van der Waals surface area contributed by atoms with Crippen molar-refractivity contribution in [2.24, 2.45) is 11.8 Å². The number of nitrogens with zero attached hydrogens (tertiary/aromatic N) is 2. The SMILES string of the molecule is CCCC(CCC(C)CC)CN1CCN(c2cc(CC)c(C(=O)CC)cc2F)CC1. The third kappa shape index (κ3) is 6.80. The summed E-state index contributed by atoms with van der Waals surface area (Å²) < 4.78 is 14.9. The van der Waals surface area contributed by atoms with Gasteiger partial charge in [0.1, 0.15) is 5.82 Å². The molecule has 0 amide bonds. The number of halogens is 1. The molecule has 0 aromatic heterocycles. The number of hydrogen-bond acceptors (Lipinski definition) is 3. The van der Waals surface area contributed by atoms with E-state index in [-0.39, 0.29) is 11.6 Å². The Labute approximate surface area is 184 Å². The highest BCUT2D eigenvalue weighted by atomic mass is 19.1. The van der Waals surface area contributed by atoms with Crippen LogP contribution in [0.15, 0.2) is 12.1 Å². The highest BCUT2D eigenvalue weighted by molar-refractivity contribution is 5.97. The lowest BCUT2D eigenvalue weighted by Crippen LogP contribution is -2.48. The molecule has 0 N–H and O–H groups in total. The van der Waals surface area contributed by atoms with Crippen LogP contribution in [0.3, 0.4) is 0 Å². The van der Waals surface area contributed by atoms with E-state index in [1.807, 2.05) is 19.9 Å². The molecule has 170 valence electrons. The molecule has 0 aliphatic carbocycles. The Morgan fingerprint density at radius 2 is 1.73 bits per heavy atom. The maximum atomic E-state index is 14.9. The molecule has 0 radical (unpaired) electrons. The van der Waals surface area contributed by atoms with Gasteiger partial charge in [-0.15, -0.1) is 0 Å². The zero-order chi connectivity index (χ0) is 22.1. The van der Waals surface area contributed by atoms with E-state index in [0.717, 1.165) is 50.0 Å². The molecule has 2 unspecified atom stereocenters. The van der Waals surface area contributed by atoms with Crippen molar-refractivity contribution in [2.75, 3.05) is 37.6 Å². The molecule has 1 saturated heterocycles. The quantitative estimate of drug-likeness (QED) is 0.370. The van der Waals surface area contributed by atoms with E-state index in [0.29, 0.717) is 17.7 Å². The summed E-state index contributed by atoms with van der Waals surface area (Å²) in [4.78, 5) is 16.9. The number of carbonyl (C=O) groups is 1. The molecule has 1 aliphatic rings. The van der Waals surface area contributed by atoms with Crippen LogP contribution in [-0.2, 0) is 6.42 Å². The molecule has 2 rings (SSSR count). The van der Waals surface area contributed by atoms with Gasteiger partial charge in [-0.2, -0.15) is 0 Å². The van der Waals surface area contributed by atoms with Crippen LogP contribution in [-0.4, -0.2) is 43.4 Å². The van der Waals surface area contributed by atoms with Gasteiger partial charge in [0.2, 0.25) is 0 Å². The van der Waals surface area contributed by atoms with E-state index in [1.54, 1.807) is 0 Å². The van der Waals surface area contributed by atoms with E-state index in [4.69, 9.17) is 0 Å². The summed E-state index contributed by atoms with van der Waals surface area (Å²) in [5.74, 6) is 1.37. The van der Waals surface area contributed by atoms with Gasteiger partial charge >= 0.3 is 0 Å². The molecule has 0 spiro atoms. The molecule has 1 heterocycles. The first-order valence-corrected chi connectivity index (χ1v) is 12.3. The minimum Gasteiger partial charge on any atom is -0.367 e. The van der Waals surface area contributed by atoms with Crippen LogP contribution in [0.4, 0.5) is 10.1 Å². The lowest BCUT2D eigenvalue weighted by atomic mass is 9.91. The molecule has 3 nitrogen and oxygen atoms in total. The molecule has 30 heavy (non-hydrogen) atoms. The average molecular weight is 419 g/mol. The second-order valence-corrected chi connectivity index (χ2v) is 9.12. The van der Waals surface area contributed by atoms with Gasteiger partial charge in [0.05, 0.1) is 5.69 Å². The van der Waals surface area contributed by atoms with Crippen molar-refractivity contribution in [3.63, 3.8) is 0 Å². The smallest absolute Gasteiger partial charge is 0.162 e. The number of Topliss-reactive ketones (excluding diaryl/α,β-unsaturated/α-hetero) is 1. The summed E-state index contributed by atoms with van der Waals surface area (Å²) in [5, 5.41) is 0. The maximum absolute atomic E-state index is 14.9. The van der Waals surface area contributed by atoms with E-state index in [2.05, 4.69) is 30.6 Å². The summed E-state index contributed by atoms with van der Waals surface area (Å²) in [6.07, 6.45) is 7.64. The van der Waals surface area contributed by atoms with Crippen LogP contribution in [0.1, 0.15) is 89.1 Å². The van der Waals surface area contributed by atoms with Crippen molar-refractivity contribution >= 4 is 11.5 Å². The number of aryl methyl sites for hydroxylation is 1. The predicted octanol–water partition coefficient (Wildman–Crippen LogP) is 6.35. The van der Waals surface area contributed by atoms with Gasteiger partial charge in [-0.25, -0.2) is 4.39 Å². The van der Waals surface area contributed by atoms with Gasteiger partial charge in [-0.05, 0) is 48.8 Å². The fraction of sp³-hybridized carbons (Fsp3) is 0.731. The predicted molar refractivity (Wildman–Crippen MR) is 126 cm³/mol. The minimum absolute atomic E-state index is 0.0291. The molecule has 1 aliphatic heterocycles. The number of ketones is 1. The summed E-state index contributed by atoms with van der Waals surface area (Å²) in [5.41, 5.74) is 2.19. The standard InChI is InChI=1S/C26H43FN2O/c1-6-10-21(12-11-20(5)7-2)19-28-13-15-29(16-14-28)25-17-22(8-3)23(18-24(25)27)26(30)9-4/h17-18,20-21H,6-16,19H2,1-5H3. The highest BCUT2D eigenvalue weighted by Crippen LogP contribution is 2.27. The number of anilines is 1. The second kappa shape index (κ2) is 12.4. The van der Waals surface area contributed by atoms with Crippen LogP contribution >= 0.6 is 0 Å². The summed E-state index contributed by atoms with van der Waals surface area (Å²) in [6, 6.07) is 3.39. The minimum atomic E-state index is -0.255. The Hall–Kier alpha value is -1.42. The molecule has 0 bridgehead atoms. The lowest BCUT2D eigenvalue weighted by Gasteiger charge is -2.38. The molecule has 0 saturated carbocycles. The lowest BCUT2D eigenvalue weighted by molar-refractivity contribution is 0.0987. The van der Waals surface area contributed by atoms with Gasteiger partial charge in [-0.1, -0.05) is 53.9 Å². The largest absolute Gasteiger partial charge is 0.367 e. The van der Waals surface area contributed by atoms with Crippen LogP contribution in [0.5, 0.6) is 0 Å². The van der Waals surface area contributed by atoms with Gasteiger partial charge in [0, 0.05) is 44.7 Å². The highest BCUT2D eigenvalue weighted by Gasteiger charge is 2.23. The van der Waals surface area contributed by atoms with Crippen LogP contribution in [0, 0.1) is 17.7 Å². The van der Waals surface area contributed by atoms with Crippen molar-refractivity contribution in [2.45, 2.75) is 79.6 Å². The Bertz CT molecular complexity index is 667. The molecule has 1 aromatic carbocycles. The Kier molecular flexibility index (Phi) is 10.3. The molecule has 4 heteroatoms. The van der Waals surface area contributed by atoms with Crippen LogP contribution < -0.4 is 4.90 Å². The fourth-order valence-corrected chi connectivity index (χ4v) is 4.59. The molecular weight excluding hydrogens is 375 g/mol. The first-order valence-electron chi connectivity index (χ1n) is 12.3. The van der Waals surface area contributed by atoms with Crippen molar-refractivity contribution in [1.82, 2.24) is 4.90 Å². The van der Waals surface area contributed by atoms with Crippen LogP contribution in [0.25, 0.3) is 0 Å². The maximum Gasteiger partial charge on any atom is 0.162 e. The molecular formula is C26H43FN2O. The third-order valence-corrected chi connectivity index (χ3v) is 6.87. The third-order valence-electron chi connectivity index (χ3n) is 6.87. The second-order valence-electron chi connectivity index (χ2n) is 9.12. The first kappa shape index (κ1) is 24.8. The Morgan fingerprint density at radius 3 is 2.30 bits per heavy atom. The summed E-state index contributed by atoms with van der Waals surface area (Å²) >= 11 is 0.